The zero-order valence-electron chi connectivity index (χ0n) is 16.8. The van der Waals surface area contributed by atoms with E-state index in [1.54, 1.807) is 0 Å². The molecule has 6 nitrogen and oxygen atoms in total. The number of rotatable bonds is 5. The predicted molar refractivity (Wildman–Crippen MR) is 111 cm³/mol. The van der Waals surface area contributed by atoms with Crippen LogP contribution < -0.4 is 4.74 Å². The van der Waals surface area contributed by atoms with Crippen LogP contribution in [0.5, 0.6) is 5.75 Å². The molecule has 0 unspecified atom stereocenters. The predicted octanol–water partition coefficient (Wildman–Crippen LogP) is 2.37. The third-order valence-electron chi connectivity index (χ3n) is 5.70. The van der Waals surface area contributed by atoms with Crippen LogP contribution in [0.25, 0.3) is 0 Å². The van der Waals surface area contributed by atoms with Crippen LogP contribution in [-0.4, -0.2) is 78.4 Å². The van der Waals surface area contributed by atoms with E-state index in [2.05, 4.69) is 4.90 Å². The van der Waals surface area contributed by atoms with Gasteiger partial charge in [-0.1, -0.05) is 18.2 Å². The van der Waals surface area contributed by atoms with Gasteiger partial charge in [0.05, 0.1) is 6.61 Å². The number of ether oxygens (including phenoxy) is 1. The highest BCUT2D eigenvalue weighted by molar-refractivity contribution is 5.95. The lowest BCUT2D eigenvalue weighted by atomic mass is 10.0. The Morgan fingerprint density at radius 1 is 0.828 bits per heavy atom. The fraction of sp³-hybridized carbons (Fsp3) is 0.391. The van der Waals surface area contributed by atoms with E-state index in [0.717, 1.165) is 50.6 Å². The second-order valence-corrected chi connectivity index (χ2v) is 7.52. The quantitative estimate of drug-likeness (QED) is 0.783. The van der Waals surface area contributed by atoms with E-state index in [4.69, 9.17) is 4.74 Å². The van der Waals surface area contributed by atoms with Crippen LogP contribution in [0.1, 0.15) is 27.6 Å². The molecule has 2 heterocycles. The van der Waals surface area contributed by atoms with Crippen molar-refractivity contribution in [1.29, 1.82) is 0 Å². The summed E-state index contributed by atoms with van der Waals surface area (Å²) in [6.45, 7) is 7.23. The molecule has 2 amide bonds. The van der Waals surface area contributed by atoms with Crippen molar-refractivity contribution in [2.75, 3.05) is 45.9 Å². The van der Waals surface area contributed by atoms with Crippen molar-refractivity contribution < 1.29 is 14.3 Å². The number of hydrogen-bond donors (Lipinski definition) is 0. The van der Waals surface area contributed by atoms with Crippen molar-refractivity contribution in [2.45, 2.75) is 13.0 Å². The van der Waals surface area contributed by atoms with Gasteiger partial charge in [-0.25, -0.2) is 0 Å². The molecular formula is C23H27N3O3. The van der Waals surface area contributed by atoms with Gasteiger partial charge >= 0.3 is 0 Å². The minimum atomic E-state index is 0.0715. The van der Waals surface area contributed by atoms with E-state index >= 15 is 0 Å². The molecule has 2 saturated heterocycles. The molecule has 29 heavy (non-hydrogen) atoms. The molecule has 2 aliphatic rings. The molecule has 0 radical (unpaired) electrons. The molecule has 0 aliphatic carbocycles. The monoisotopic (exact) mass is 393 g/mol. The lowest BCUT2D eigenvalue weighted by Crippen LogP contribution is -2.64. The Morgan fingerprint density at radius 2 is 1.41 bits per heavy atom. The summed E-state index contributed by atoms with van der Waals surface area (Å²) in [5.74, 6) is 0.960. The standard InChI is InChI=1S/C23H27N3O3/c1-2-29-21-10-8-19(9-11-21)23(28)26-16-20(17-26)24-12-14-25(15-13-24)22(27)18-6-4-3-5-7-18/h3-11,20H,2,12-17H2,1H3. The molecule has 2 fully saturated rings. The molecule has 2 aromatic carbocycles. The maximum atomic E-state index is 12.6. The topological polar surface area (TPSA) is 53.1 Å². The average molecular weight is 393 g/mol. The summed E-state index contributed by atoms with van der Waals surface area (Å²) in [5.41, 5.74) is 1.45. The van der Waals surface area contributed by atoms with Gasteiger partial charge in [-0.15, -0.1) is 0 Å². The number of hydrogen-bond acceptors (Lipinski definition) is 4. The maximum Gasteiger partial charge on any atom is 0.253 e. The Bertz CT molecular complexity index is 839. The van der Waals surface area contributed by atoms with Gasteiger partial charge in [-0.05, 0) is 43.3 Å². The van der Waals surface area contributed by atoms with Gasteiger partial charge < -0.3 is 14.5 Å². The van der Waals surface area contributed by atoms with Crippen LogP contribution in [0, 0.1) is 0 Å². The molecule has 6 heteroatoms. The molecule has 0 bridgehead atoms. The van der Waals surface area contributed by atoms with Gasteiger partial charge in [0.25, 0.3) is 11.8 Å². The first kappa shape index (κ1) is 19.5. The number of carbonyl (C=O) groups is 2. The number of piperazine rings is 1. The van der Waals surface area contributed by atoms with E-state index in [-0.39, 0.29) is 11.8 Å². The number of likely N-dealkylation sites (tertiary alicyclic amines) is 1. The highest BCUT2D eigenvalue weighted by atomic mass is 16.5. The smallest absolute Gasteiger partial charge is 0.253 e. The van der Waals surface area contributed by atoms with E-state index < -0.39 is 0 Å². The molecule has 152 valence electrons. The van der Waals surface area contributed by atoms with Crippen LogP contribution in [0.15, 0.2) is 54.6 Å². The van der Waals surface area contributed by atoms with Crippen molar-refractivity contribution in [1.82, 2.24) is 14.7 Å². The first-order valence-corrected chi connectivity index (χ1v) is 10.3. The lowest BCUT2D eigenvalue weighted by molar-refractivity contribution is 0.00854. The Kier molecular flexibility index (Phi) is 5.81. The number of benzene rings is 2. The van der Waals surface area contributed by atoms with Gasteiger partial charge in [0.1, 0.15) is 5.75 Å². The van der Waals surface area contributed by atoms with E-state index in [1.807, 2.05) is 71.3 Å². The van der Waals surface area contributed by atoms with Gasteiger partial charge in [-0.3, -0.25) is 14.5 Å². The first-order valence-electron chi connectivity index (χ1n) is 10.3. The first-order chi connectivity index (χ1) is 14.2. The van der Waals surface area contributed by atoms with E-state index in [9.17, 15) is 9.59 Å². The summed E-state index contributed by atoms with van der Waals surface area (Å²) in [7, 11) is 0. The van der Waals surface area contributed by atoms with E-state index in [1.165, 1.54) is 0 Å². The summed E-state index contributed by atoms with van der Waals surface area (Å²) in [6.07, 6.45) is 0. The number of nitrogens with zero attached hydrogens (tertiary/aromatic N) is 3. The van der Waals surface area contributed by atoms with Crippen LogP contribution in [0.4, 0.5) is 0 Å². The fourth-order valence-electron chi connectivity index (χ4n) is 3.95. The van der Waals surface area contributed by atoms with Crippen molar-refractivity contribution in [2.24, 2.45) is 0 Å². The minimum absolute atomic E-state index is 0.0715. The van der Waals surface area contributed by atoms with Gasteiger partial charge in [0, 0.05) is 56.4 Å². The highest BCUT2D eigenvalue weighted by Crippen LogP contribution is 2.21. The number of amides is 2. The zero-order valence-corrected chi connectivity index (χ0v) is 16.8. The summed E-state index contributed by atoms with van der Waals surface area (Å²) >= 11 is 0. The molecule has 2 aliphatic heterocycles. The van der Waals surface area contributed by atoms with Crippen molar-refractivity contribution in [3.05, 3.63) is 65.7 Å². The fourth-order valence-corrected chi connectivity index (χ4v) is 3.95. The molecule has 4 rings (SSSR count). The third-order valence-corrected chi connectivity index (χ3v) is 5.70. The summed E-state index contributed by atoms with van der Waals surface area (Å²) in [4.78, 5) is 31.4. The molecule has 0 spiro atoms. The Morgan fingerprint density at radius 3 is 2.03 bits per heavy atom. The molecule has 2 aromatic rings. The van der Waals surface area contributed by atoms with Crippen LogP contribution >= 0.6 is 0 Å². The van der Waals surface area contributed by atoms with Crippen molar-refractivity contribution in [3.8, 4) is 5.75 Å². The van der Waals surface area contributed by atoms with Crippen molar-refractivity contribution >= 4 is 11.8 Å². The van der Waals surface area contributed by atoms with Crippen LogP contribution in [-0.2, 0) is 0 Å². The second kappa shape index (κ2) is 8.66. The maximum absolute atomic E-state index is 12.6. The molecular weight excluding hydrogens is 366 g/mol. The zero-order chi connectivity index (χ0) is 20.2. The van der Waals surface area contributed by atoms with Gasteiger partial charge in [-0.2, -0.15) is 0 Å². The molecule has 0 atom stereocenters. The third kappa shape index (κ3) is 4.27. The average Bonchev–Trinajstić information content (AvgIpc) is 2.74. The molecule has 0 aromatic heterocycles. The summed E-state index contributed by atoms with van der Waals surface area (Å²) in [5, 5.41) is 0. The molecule has 0 N–H and O–H groups in total. The van der Waals surface area contributed by atoms with Gasteiger partial charge in [0.2, 0.25) is 0 Å². The number of carbonyl (C=O) groups excluding carboxylic acids is 2. The summed E-state index contributed by atoms with van der Waals surface area (Å²) in [6, 6.07) is 17.2. The summed E-state index contributed by atoms with van der Waals surface area (Å²) < 4.78 is 5.43. The van der Waals surface area contributed by atoms with Crippen molar-refractivity contribution in [3.63, 3.8) is 0 Å². The lowest BCUT2D eigenvalue weighted by Gasteiger charge is -2.48. The van der Waals surface area contributed by atoms with Crippen LogP contribution in [0.3, 0.4) is 0 Å². The second-order valence-electron chi connectivity index (χ2n) is 7.52. The van der Waals surface area contributed by atoms with Crippen LogP contribution in [0.2, 0.25) is 0 Å². The Hall–Kier alpha value is -2.86. The Labute approximate surface area is 171 Å². The normalized spacial score (nSPS) is 17.7. The van der Waals surface area contributed by atoms with Gasteiger partial charge in [0.15, 0.2) is 0 Å². The Balaban J connectivity index is 1.24. The molecule has 0 saturated carbocycles. The highest BCUT2D eigenvalue weighted by Gasteiger charge is 2.36. The van der Waals surface area contributed by atoms with E-state index in [0.29, 0.717) is 18.2 Å². The largest absolute Gasteiger partial charge is 0.494 e. The SMILES string of the molecule is CCOc1ccc(C(=O)N2CC(N3CCN(C(=O)c4ccccc4)CC3)C2)cc1. The minimum Gasteiger partial charge on any atom is -0.494 e.